The maximum Gasteiger partial charge on any atom is 0.317 e. The molecule has 2 amide bonds. The number of hydrogen-bond donors (Lipinski definition) is 1. The van der Waals surface area contributed by atoms with Crippen LogP contribution in [0.3, 0.4) is 0 Å². The number of nitrogens with one attached hydrogen (secondary N) is 1. The normalized spacial score (nSPS) is 16.1. The monoisotopic (exact) mass is 371 g/mol. The number of hydrogen-bond acceptors (Lipinski definition) is 5. The van der Waals surface area contributed by atoms with E-state index < -0.39 is 0 Å². The van der Waals surface area contributed by atoms with Gasteiger partial charge in [0.25, 0.3) is 0 Å². The zero-order valence-corrected chi connectivity index (χ0v) is 16.2. The lowest BCUT2D eigenvalue weighted by Crippen LogP contribution is -2.44. The molecule has 0 aliphatic carbocycles. The third-order valence-electron chi connectivity index (χ3n) is 5.11. The van der Waals surface area contributed by atoms with Crippen LogP contribution < -0.4 is 5.32 Å². The molecule has 0 spiro atoms. The standard InChI is InChI=1S/C19H29N7O/c1-3-25-15-22-23-18(25)14-24(2)19(27)21-13-17(16-8-7-9-20-12-16)26-10-5-4-6-11-26/h7-9,12,15,17H,3-6,10-11,13-14H2,1-2H3,(H,21,27)/t17-/m0/s1. The Morgan fingerprint density at radius 1 is 1.33 bits per heavy atom. The lowest BCUT2D eigenvalue weighted by atomic mass is 10.0. The van der Waals surface area contributed by atoms with Crippen LogP contribution in [-0.4, -0.2) is 62.3 Å². The summed E-state index contributed by atoms with van der Waals surface area (Å²) in [4.78, 5) is 21.0. The lowest BCUT2D eigenvalue weighted by molar-refractivity contribution is 0.155. The Labute approximate surface area is 160 Å². The zero-order chi connectivity index (χ0) is 19.1. The van der Waals surface area contributed by atoms with E-state index in [2.05, 4.69) is 31.5 Å². The van der Waals surface area contributed by atoms with Gasteiger partial charge in [-0.15, -0.1) is 10.2 Å². The van der Waals surface area contributed by atoms with Crippen molar-refractivity contribution in [1.82, 2.24) is 34.9 Å². The van der Waals surface area contributed by atoms with E-state index in [-0.39, 0.29) is 12.1 Å². The van der Waals surface area contributed by atoms with Gasteiger partial charge in [0.1, 0.15) is 6.33 Å². The van der Waals surface area contributed by atoms with Crippen LogP contribution in [0.25, 0.3) is 0 Å². The van der Waals surface area contributed by atoms with E-state index >= 15 is 0 Å². The summed E-state index contributed by atoms with van der Waals surface area (Å²) in [6, 6.07) is 4.09. The highest BCUT2D eigenvalue weighted by Gasteiger charge is 2.23. The number of rotatable bonds is 7. The Kier molecular flexibility index (Phi) is 6.75. The van der Waals surface area contributed by atoms with Crippen LogP contribution >= 0.6 is 0 Å². The SMILES string of the molecule is CCn1cnnc1CN(C)C(=O)NC[C@@H](c1cccnc1)N1CCCCC1. The van der Waals surface area contributed by atoms with Crippen LogP contribution in [0, 0.1) is 0 Å². The van der Waals surface area contributed by atoms with Crippen molar-refractivity contribution in [3.63, 3.8) is 0 Å². The highest BCUT2D eigenvalue weighted by Crippen LogP contribution is 2.23. The van der Waals surface area contributed by atoms with Crippen molar-refractivity contribution >= 4 is 6.03 Å². The van der Waals surface area contributed by atoms with Crippen LogP contribution in [0.1, 0.15) is 43.6 Å². The fraction of sp³-hybridized carbons (Fsp3) is 0.579. The largest absolute Gasteiger partial charge is 0.336 e. The van der Waals surface area contributed by atoms with E-state index in [9.17, 15) is 4.79 Å². The molecule has 0 radical (unpaired) electrons. The molecule has 1 saturated heterocycles. The molecule has 8 heteroatoms. The van der Waals surface area contributed by atoms with Crippen LogP contribution in [0.4, 0.5) is 4.79 Å². The fourth-order valence-corrected chi connectivity index (χ4v) is 3.53. The number of nitrogens with zero attached hydrogens (tertiary/aromatic N) is 6. The Bertz CT molecular complexity index is 712. The number of carbonyl (C=O) groups is 1. The summed E-state index contributed by atoms with van der Waals surface area (Å²) < 4.78 is 1.94. The molecule has 2 aromatic rings. The molecule has 1 aliphatic rings. The minimum Gasteiger partial charge on any atom is -0.336 e. The van der Waals surface area contributed by atoms with E-state index in [1.54, 1.807) is 24.5 Å². The molecule has 3 heterocycles. The average molecular weight is 371 g/mol. The minimum absolute atomic E-state index is 0.105. The number of amides is 2. The van der Waals surface area contributed by atoms with E-state index in [0.29, 0.717) is 13.1 Å². The first-order chi connectivity index (χ1) is 13.2. The molecule has 3 rings (SSSR count). The van der Waals surface area contributed by atoms with E-state index in [4.69, 9.17) is 0 Å². The first kappa shape index (κ1) is 19.3. The van der Waals surface area contributed by atoms with Crippen molar-refractivity contribution in [1.29, 1.82) is 0 Å². The zero-order valence-electron chi connectivity index (χ0n) is 16.2. The molecule has 1 aliphatic heterocycles. The number of piperidine rings is 1. The molecule has 2 aromatic heterocycles. The quantitative estimate of drug-likeness (QED) is 0.806. The molecule has 1 N–H and O–H groups in total. The van der Waals surface area contributed by atoms with Gasteiger partial charge in [-0.05, 0) is 44.5 Å². The van der Waals surface area contributed by atoms with Gasteiger partial charge in [0, 0.05) is 32.5 Å². The van der Waals surface area contributed by atoms with Gasteiger partial charge < -0.3 is 14.8 Å². The van der Waals surface area contributed by atoms with Gasteiger partial charge in [0.05, 0.1) is 12.6 Å². The van der Waals surface area contributed by atoms with Gasteiger partial charge in [-0.25, -0.2) is 4.79 Å². The molecule has 0 unspecified atom stereocenters. The van der Waals surface area contributed by atoms with Gasteiger partial charge in [-0.2, -0.15) is 0 Å². The highest BCUT2D eigenvalue weighted by atomic mass is 16.2. The molecular formula is C19H29N7O. The number of pyridine rings is 1. The lowest BCUT2D eigenvalue weighted by Gasteiger charge is -2.35. The smallest absolute Gasteiger partial charge is 0.317 e. The second kappa shape index (κ2) is 9.45. The second-order valence-corrected chi connectivity index (χ2v) is 6.97. The molecule has 8 nitrogen and oxygen atoms in total. The predicted molar refractivity (Wildman–Crippen MR) is 103 cm³/mol. The van der Waals surface area contributed by atoms with Crippen LogP contribution in [-0.2, 0) is 13.1 Å². The number of likely N-dealkylation sites (tertiary alicyclic amines) is 1. The van der Waals surface area contributed by atoms with Gasteiger partial charge in [-0.3, -0.25) is 9.88 Å². The molecule has 0 aromatic carbocycles. The summed E-state index contributed by atoms with van der Waals surface area (Å²) in [6.07, 6.45) is 9.07. The third-order valence-corrected chi connectivity index (χ3v) is 5.11. The molecule has 146 valence electrons. The Hall–Kier alpha value is -2.48. The molecule has 1 atom stereocenters. The molecule has 1 fully saturated rings. The molecule has 27 heavy (non-hydrogen) atoms. The van der Waals surface area contributed by atoms with Crippen LogP contribution in [0.5, 0.6) is 0 Å². The maximum absolute atomic E-state index is 12.6. The first-order valence-electron chi connectivity index (χ1n) is 9.68. The number of urea groups is 1. The van der Waals surface area contributed by atoms with Gasteiger partial charge in [0.15, 0.2) is 5.82 Å². The number of aromatic nitrogens is 4. The second-order valence-electron chi connectivity index (χ2n) is 6.97. The minimum atomic E-state index is -0.105. The molecular weight excluding hydrogens is 342 g/mol. The third kappa shape index (κ3) is 5.03. The van der Waals surface area contributed by atoms with Gasteiger partial charge in [-0.1, -0.05) is 12.5 Å². The summed E-state index contributed by atoms with van der Waals surface area (Å²) in [5, 5.41) is 11.1. The van der Waals surface area contributed by atoms with Crippen LogP contribution in [0.15, 0.2) is 30.9 Å². The summed E-state index contributed by atoms with van der Waals surface area (Å²) in [5.41, 5.74) is 1.15. The van der Waals surface area contributed by atoms with Crippen LogP contribution in [0.2, 0.25) is 0 Å². The summed E-state index contributed by atoms with van der Waals surface area (Å²) in [6.45, 7) is 5.94. The molecule has 0 bridgehead atoms. The van der Waals surface area contributed by atoms with Crippen molar-refractivity contribution in [2.24, 2.45) is 0 Å². The van der Waals surface area contributed by atoms with E-state index in [1.807, 2.05) is 23.8 Å². The number of aryl methyl sites for hydroxylation is 1. The number of carbonyl (C=O) groups excluding carboxylic acids is 1. The maximum atomic E-state index is 12.6. The van der Waals surface area contributed by atoms with Crippen molar-refractivity contribution in [2.75, 3.05) is 26.7 Å². The Morgan fingerprint density at radius 2 is 2.15 bits per heavy atom. The average Bonchev–Trinajstić information content (AvgIpc) is 3.16. The van der Waals surface area contributed by atoms with E-state index in [1.165, 1.54) is 19.3 Å². The molecule has 0 saturated carbocycles. The summed E-state index contributed by atoms with van der Waals surface area (Å²) in [7, 11) is 1.78. The van der Waals surface area contributed by atoms with Gasteiger partial charge in [0.2, 0.25) is 0 Å². The van der Waals surface area contributed by atoms with E-state index in [0.717, 1.165) is 31.0 Å². The Balaban J connectivity index is 1.61. The summed E-state index contributed by atoms with van der Waals surface area (Å²) in [5.74, 6) is 0.787. The first-order valence-corrected chi connectivity index (χ1v) is 9.68. The van der Waals surface area contributed by atoms with Crippen molar-refractivity contribution in [3.8, 4) is 0 Å². The van der Waals surface area contributed by atoms with Gasteiger partial charge >= 0.3 is 6.03 Å². The topological polar surface area (TPSA) is 79.2 Å². The fourth-order valence-electron chi connectivity index (χ4n) is 3.53. The van der Waals surface area contributed by atoms with Crippen molar-refractivity contribution in [2.45, 2.75) is 45.3 Å². The highest BCUT2D eigenvalue weighted by molar-refractivity contribution is 5.73. The van der Waals surface area contributed by atoms with Crippen molar-refractivity contribution < 1.29 is 4.79 Å². The predicted octanol–water partition coefficient (Wildman–Crippen LogP) is 2.06. The summed E-state index contributed by atoms with van der Waals surface area (Å²) >= 11 is 0. The Morgan fingerprint density at radius 3 is 2.85 bits per heavy atom. The van der Waals surface area contributed by atoms with Crippen molar-refractivity contribution in [3.05, 3.63) is 42.2 Å².